The molecule has 0 aliphatic heterocycles. The Bertz CT molecular complexity index is 624. The van der Waals surface area contributed by atoms with E-state index in [4.69, 9.17) is 16.3 Å². The zero-order chi connectivity index (χ0) is 13.8. The van der Waals surface area contributed by atoms with Crippen LogP contribution in [-0.2, 0) is 0 Å². The van der Waals surface area contributed by atoms with Crippen LogP contribution in [0.25, 0.3) is 0 Å². The number of rotatable bonds is 5. The summed E-state index contributed by atoms with van der Waals surface area (Å²) in [7, 11) is 0. The van der Waals surface area contributed by atoms with E-state index in [1.54, 1.807) is 12.1 Å². The molecular formula is C13H8ClFO3S. The first-order chi connectivity index (χ1) is 9.10. The second kappa shape index (κ2) is 5.95. The summed E-state index contributed by atoms with van der Waals surface area (Å²) in [4.78, 5) is 22.6. The molecule has 2 aromatic rings. The minimum absolute atomic E-state index is 0.0680. The second-order valence-corrected chi connectivity index (χ2v) is 5.34. The van der Waals surface area contributed by atoms with Crippen molar-refractivity contribution < 1.29 is 18.7 Å². The number of benzene rings is 1. The summed E-state index contributed by atoms with van der Waals surface area (Å²) in [5, 5.41) is 0. The molecule has 98 valence electrons. The van der Waals surface area contributed by atoms with Gasteiger partial charge in [0.1, 0.15) is 6.29 Å². The largest absolute Gasteiger partial charge is 0.482 e. The topological polar surface area (TPSA) is 43.4 Å². The van der Waals surface area contributed by atoms with Crippen molar-refractivity contribution in [2.24, 2.45) is 0 Å². The molecule has 0 bridgehead atoms. The third kappa shape index (κ3) is 3.39. The number of hydrogen-bond donors (Lipinski definition) is 0. The van der Waals surface area contributed by atoms with Crippen molar-refractivity contribution in [2.75, 3.05) is 6.61 Å². The number of carbonyl (C=O) groups excluding carboxylic acids is 2. The van der Waals surface area contributed by atoms with Gasteiger partial charge in [-0.3, -0.25) is 9.59 Å². The van der Waals surface area contributed by atoms with Crippen molar-refractivity contribution in [3.63, 3.8) is 0 Å². The minimum Gasteiger partial charge on any atom is -0.482 e. The van der Waals surface area contributed by atoms with E-state index in [0.29, 0.717) is 15.5 Å². The second-order valence-electron chi connectivity index (χ2n) is 3.62. The number of hydrogen-bond acceptors (Lipinski definition) is 4. The highest BCUT2D eigenvalue weighted by Gasteiger charge is 2.11. The van der Waals surface area contributed by atoms with Gasteiger partial charge >= 0.3 is 0 Å². The van der Waals surface area contributed by atoms with E-state index in [2.05, 4.69) is 0 Å². The van der Waals surface area contributed by atoms with Crippen LogP contribution in [0, 0.1) is 5.82 Å². The van der Waals surface area contributed by atoms with Gasteiger partial charge in [0.15, 0.2) is 18.2 Å². The fraction of sp³-hybridized carbons (Fsp3) is 0.0769. The first-order valence-electron chi connectivity index (χ1n) is 5.26. The molecule has 3 nitrogen and oxygen atoms in total. The Morgan fingerprint density at radius 1 is 1.37 bits per heavy atom. The SMILES string of the molecule is O=Cc1ccc(OCC(=O)c2ccc(Cl)s2)c(F)c1. The van der Waals surface area contributed by atoms with Crippen molar-refractivity contribution in [1.29, 1.82) is 0 Å². The third-order valence-electron chi connectivity index (χ3n) is 2.30. The lowest BCUT2D eigenvalue weighted by molar-refractivity contribution is 0.0922. The molecule has 1 heterocycles. The van der Waals surface area contributed by atoms with Crippen molar-refractivity contribution >= 4 is 35.0 Å². The van der Waals surface area contributed by atoms with E-state index >= 15 is 0 Å². The minimum atomic E-state index is -0.679. The van der Waals surface area contributed by atoms with E-state index in [9.17, 15) is 14.0 Å². The number of thiophene rings is 1. The Labute approximate surface area is 117 Å². The van der Waals surface area contributed by atoms with Crippen molar-refractivity contribution in [2.45, 2.75) is 0 Å². The zero-order valence-corrected chi connectivity index (χ0v) is 11.1. The van der Waals surface area contributed by atoms with E-state index in [1.165, 1.54) is 12.1 Å². The van der Waals surface area contributed by atoms with E-state index in [1.807, 2.05) is 0 Å². The van der Waals surface area contributed by atoms with Crippen LogP contribution in [-0.4, -0.2) is 18.7 Å². The van der Waals surface area contributed by atoms with Crippen LogP contribution in [0.2, 0.25) is 4.34 Å². The van der Waals surface area contributed by atoms with E-state index in [-0.39, 0.29) is 23.7 Å². The summed E-state index contributed by atoms with van der Waals surface area (Å²) in [5.41, 5.74) is 0.209. The number of halogens is 2. The van der Waals surface area contributed by atoms with Crippen LogP contribution < -0.4 is 4.74 Å². The Morgan fingerprint density at radius 3 is 2.74 bits per heavy atom. The molecule has 2 rings (SSSR count). The van der Waals surface area contributed by atoms with Crippen LogP contribution >= 0.6 is 22.9 Å². The molecule has 0 saturated heterocycles. The summed E-state index contributed by atoms with van der Waals surface area (Å²) in [6.45, 7) is -0.284. The van der Waals surface area contributed by atoms with E-state index < -0.39 is 5.82 Å². The Balaban J connectivity index is 2.02. The van der Waals surface area contributed by atoms with Gasteiger partial charge in [0.25, 0.3) is 0 Å². The maximum atomic E-state index is 13.5. The molecule has 6 heteroatoms. The van der Waals surface area contributed by atoms with Crippen LogP contribution in [0.4, 0.5) is 4.39 Å². The van der Waals surface area contributed by atoms with Gasteiger partial charge in [-0.15, -0.1) is 11.3 Å². The van der Waals surface area contributed by atoms with Gasteiger partial charge in [-0.25, -0.2) is 4.39 Å². The van der Waals surface area contributed by atoms with Gasteiger partial charge in [0.05, 0.1) is 9.21 Å². The molecule has 0 aliphatic rings. The smallest absolute Gasteiger partial charge is 0.210 e. The molecule has 0 spiro atoms. The maximum absolute atomic E-state index is 13.5. The average Bonchev–Trinajstić information content (AvgIpc) is 2.83. The Kier molecular flexibility index (Phi) is 4.29. The molecule has 0 fully saturated rings. The van der Waals surface area contributed by atoms with Gasteiger partial charge < -0.3 is 4.74 Å². The fourth-order valence-electron chi connectivity index (χ4n) is 1.39. The predicted octanol–water partition coefficient (Wildman–Crippen LogP) is 3.61. The molecule has 1 aromatic carbocycles. The normalized spacial score (nSPS) is 10.2. The average molecular weight is 299 g/mol. The summed E-state index contributed by atoms with van der Waals surface area (Å²) in [6.07, 6.45) is 0.533. The molecular weight excluding hydrogens is 291 g/mol. The summed E-state index contributed by atoms with van der Waals surface area (Å²) in [5.74, 6) is -1.03. The highest BCUT2D eigenvalue weighted by Crippen LogP contribution is 2.23. The Hall–Kier alpha value is -1.72. The monoisotopic (exact) mass is 298 g/mol. The molecule has 0 radical (unpaired) electrons. The van der Waals surface area contributed by atoms with Gasteiger partial charge in [-0.2, -0.15) is 0 Å². The molecule has 0 amide bonds. The first-order valence-corrected chi connectivity index (χ1v) is 6.45. The van der Waals surface area contributed by atoms with Crippen molar-refractivity contribution in [3.05, 3.63) is 50.9 Å². The quantitative estimate of drug-likeness (QED) is 0.625. The number of aldehydes is 1. The van der Waals surface area contributed by atoms with Crippen molar-refractivity contribution in [1.82, 2.24) is 0 Å². The lowest BCUT2D eigenvalue weighted by Gasteiger charge is -2.05. The molecule has 0 N–H and O–H groups in total. The lowest BCUT2D eigenvalue weighted by atomic mass is 10.2. The van der Waals surface area contributed by atoms with Crippen LogP contribution in [0.1, 0.15) is 20.0 Å². The third-order valence-corrected chi connectivity index (χ3v) is 3.57. The number of Topliss-reactive ketones (excluding diaryl/α,β-unsaturated/α-hetero) is 1. The molecule has 0 unspecified atom stereocenters. The highest BCUT2D eigenvalue weighted by atomic mass is 35.5. The van der Waals surface area contributed by atoms with Gasteiger partial charge in [0, 0.05) is 5.56 Å². The standard InChI is InChI=1S/C13H8ClFO3S/c14-13-4-3-12(19-13)10(17)7-18-11-2-1-8(6-16)5-9(11)15/h1-6H,7H2. The first kappa shape index (κ1) is 13.7. The predicted molar refractivity (Wildman–Crippen MR) is 70.9 cm³/mol. The molecule has 19 heavy (non-hydrogen) atoms. The van der Waals surface area contributed by atoms with Crippen LogP contribution in [0.5, 0.6) is 5.75 Å². The summed E-state index contributed by atoms with van der Waals surface area (Å²) < 4.78 is 19.1. The van der Waals surface area contributed by atoms with Crippen molar-refractivity contribution in [3.8, 4) is 5.75 Å². The highest BCUT2D eigenvalue weighted by molar-refractivity contribution is 7.18. The van der Waals surface area contributed by atoms with E-state index in [0.717, 1.165) is 17.4 Å². The zero-order valence-electron chi connectivity index (χ0n) is 9.56. The number of ketones is 1. The van der Waals surface area contributed by atoms with Gasteiger partial charge in [-0.1, -0.05) is 11.6 Å². The molecule has 0 aliphatic carbocycles. The van der Waals surface area contributed by atoms with Crippen LogP contribution in [0.15, 0.2) is 30.3 Å². The van der Waals surface area contributed by atoms with Crippen LogP contribution in [0.3, 0.4) is 0 Å². The number of ether oxygens (including phenoxy) is 1. The maximum Gasteiger partial charge on any atom is 0.210 e. The summed E-state index contributed by atoms with van der Waals surface area (Å²) >= 11 is 6.85. The number of carbonyl (C=O) groups is 2. The lowest BCUT2D eigenvalue weighted by Crippen LogP contribution is -2.10. The Morgan fingerprint density at radius 2 is 2.16 bits per heavy atom. The van der Waals surface area contributed by atoms with Gasteiger partial charge in [-0.05, 0) is 30.3 Å². The molecule has 0 saturated carbocycles. The summed E-state index contributed by atoms with van der Waals surface area (Å²) in [6, 6.07) is 6.98. The fourth-order valence-corrected chi connectivity index (χ4v) is 2.35. The van der Waals surface area contributed by atoms with Gasteiger partial charge in [0.2, 0.25) is 5.78 Å². The molecule has 0 atom stereocenters. The molecule has 1 aromatic heterocycles.